The van der Waals surface area contributed by atoms with Crippen molar-refractivity contribution in [1.29, 1.82) is 5.26 Å². The van der Waals surface area contributed by atoms with Crippen LogP contribution in [0, 0.1) is 17.1 Å². The first-order valence-electron chi connectivity index (χ1n) is 10.6. The van der Waals surface area contributed by atoms with Gasteiger partial charge in [-0.3, -0.25) is 4.79 Å². The summed E-state index contributed by atoms with van der Waals surface area (Å²) in [5, 5.41) is 12.1. The lowest BCUT2D eigenvalue weighted by Gasteiger charge is -2.25. The largest absolute Gasteiger partial charge is 0.322 e. The highest BCUT2D eigenvalue weighted by Gasteiger charge is 2.26. The summed E-state index contributed by atoms with van der Waals surface area (Å²) in [6.45, 7) is 1.01. The molecule has 1 N–H and O–H groups in total. The van der Waals surface area contributed by atoms with Gasteiger partial charge in [0, 0.05) is 24.3 Å². The molecule has 0 bridgehead atoms. The number of piperidine rings is 1. The topological polar surface area (TPSA) is 90.3 Å². The van der Waals surface area contributed by atoms with E-state index in [0.717, 1.165) is 25.3 Å². The van der Waals surface area contributed by atoms with Crippen LogP contribution < -0.4 is 5.32 Å². The van der Waals surface area contributed by atoms with E-state index < -0.39 is 21.7 Å². The second-order valence-electron chi connectivity index (χ2n) is 7.80. The first-order chi connectivity index (χ1) is 15.9. The van der Waals surface area contributed by atoms with E-state index in [1.165, 1.54) is 34.6 Å². The van der Waals surface area contributed by atoms with Crippen LogP contribution in [0.25, 0.3) is 11.1 Å². The minimum absolute atomic E-state index is 0.0303. The Morgan fingerprint density at radius 3 is 2.27 bits per heavy atom. The van der Waals surface area contributed by atoms with Gasteiger partial charge in [0.1, 0.15) is 11.9 Å². The average molecular weight is 464 g/mol. The summed E-state index contributed by atoms with van der Waals surface area (Å²) < 4.78 is 41.6. The van der Waals surface area contributed by atoms with Crippen LogP contribution in [0.5, 0.6) is 0 Å². The van der Waals surface area contributed by atoms with Crippen LogP contribution in [0.1, 0.15) is 35.2 Å². The second-order valence-corrected chi connectivity index (χ2v) is 9.74. The fourth-order valence-corrected chi connectivity index (χ4v) is 5.37. The Morgan fingerprint density at radius 2 is 1.64 bits per heavy atom. The maximum Gasteiger partial charge on any atom is 0.257 e. The second kappa shape index (κ2) is 9.53. The van der Waals surface area contributed by atoms with Crippen molar-refractivity contribution in [3.63, 3.8) is 0 Å². The van der Waals surface area contributed by atoms with Crippen LogP contribution >= 0.6 is 0 Å². The van der Waals surface area contributed by atoms with E-state index in [2.05, 4.69) is 5.32 Å². The first-order valence-corrected chi connectivity index (χ1v) is 12.0. The molecular weight excluding hydrogens is 441 g/mol. The van der Waals surface area contributed by atoms with E-state index in [1.54, 1.807) is 30.3 Å². The summed E-state index contributed by atoms with van der Waals surface area (Å²) in [6, 6.07) is 18.9. The highest BCUT2D eigenvalue weighted by molar-refractivity contribution is 7.89. The van der Waals surface area contributed by atoms with Gasteiger partial charge < -0.3 is 5.32 Å². The molecule has 4 rings (SSSR count). The van der Waals surface area contributed by atoms with E-state index in [0.29, 0.717) is 24.3 Å². The average Bonchev–Trinajstić information content (AvgIpc) is 2.85. The predicted octanol–water partition coefficient (Wildman–Crippen LogP) is 4.79. The Morgan fingerprint density at radius 1 is 0.970 bits per heavy atom. The molecule has 0 saturated carbocycles. The fraction of sp³-hybridized carbons (Fsp3) is 0.200. The molecule has 1 aliphatic heterocycles. The number of benzene rings is 3. The summed E-state index contributed by atoms with van der Waals surface area (Å²) >= 11 is 0. The molecule has 0 radical (unpaired) electrons. The number of hydrogen-bond donors (Lipinski definition) is 1. The molecule has 0 spiro atoms. The van der Waals surface area contributed by atoms with Crippen LogP contribution in [0.15, 0.2) is 71.6 Å². The van der Waals surface area contributed by atoms with Gasteiger partial charge in [0.15, 0.2) is 0 Å². The van der Waals surface area contributed by atoms with Crippen LogP contribution in [-0.2, 0) is 10.0 Å². The zero-order valence-electron chi connectivity index (χ0n) is 17.8. The van der Waals surface area contributed by atoms with Gasteiger partial charge in [-0.05, 0) is 54.8 Å². The number of carbonyl (C=O) groups excluding carboxylic acids is 1. The normalized spacial score (nSPS) is 14.4. The molecular formula is C25H22FN3O3S. The molecule has 1 aliphatic rings. The van der Waals surface area contributed by atoms with Crippen molar-refractivity contribution in [2.75, 3.05) is 18.4 Å². The van der Waals surface area contributed by atoms with Gasteiger partial charge in [0.2, 0.25) is 10.0 Å². The molecule has 168 valence electrons. The minimum atomic E-state index is -3.58. The Hall–Kier alpha value is -3.54. The smallest absolute Gasteiger partial charge is 0.257 e. The summed E-state index contributed by atoms with van der Waals surface area (Å²) in [5.41, 5.74) is 1.10. The summed E-state index contributed by atoms with van der Waals surface area (Å²) in [7, 11) is -3.58. The summed E-state index contributed by atoms with van der Waals surface area (Å²) in [4.78, 5) is 13.1. The van der Waals surface area contributed by atoms with Gasteiger partial charge in [-0.1, -0.05) is 36.8 Å². The van der Waals surface area contributed by atoms with Gasteiger partial charge in [-0.2, -0.15) is 9.57 Å². The molecule has 1 saturated heterocycles. The highest BCUT2D eigenvalue weighted by atomic mass is 32.2. The number of nitriles is 1. The standard InChI is InChI=1S/C25H22FN3O3S/c26-24-15-19(17-27)23(16-22(24)18-7-3-1-4-8-18)25(30)28-20-9-11-21(12-10-20)33(31,32)29-13-5-2-6-14-29/h1,3-4,7-12,15-16H,2,5-6,13-14H2,(H,28,30). The molecule has 0 aliphatic carbocycles. The maximum atomic E-state index is 14.6. The van der Waals surface area contributed by atoms with Crippen molar-refractivity contribution in [1.82, 2.24) is 4.31 Å². The molecule has 8 heteroatoms. The molecule has 0 aromatic heterocycles. The van der Waals surface area contributed by atoms with Gasteiger partial charge in [-0.25, -0.2) is 12.8 Å². The quantitative estimate of drug-likeness (QED) is 0.589. The SMILES string of the molecule is N#Cc1cc(F)c(-c2ccccc2)cc1C(=O)Nc1ccc(S(=O)(=O)N2CCCCC2)cc1. The zero-order valence-corrected chi connectivity index (χ0v) is 18.6. The van der Waals surface area contributed by atoms with E-state index in [-0.39, 0.29) is 21.6 Å². The summed E-state index contributed by atoms with van der Waals surface area (Å²) in [5.74, 6) is -1.18. The number of sulfonamides is 1. The third kappa shape index (κ3) is 4.80. The molecule has 1 amide bonds. The Kier molecular flexibility index (Phi) is 6.54. The maximum absolute atomic E-state index is 14.6. The Balaban J connectivity index is 1.58. The van der Waals surface area contributed by atoms with E-state index in [9.17, 15) is 22.9 Å². The Bertz CT molecular complexity index is 1310. The van der Waals surface area contributed by atoms with Crippen molar-refractivity contribution in [3.05, 3.63) is 83.7 Å². The van der Waals surface area contributed by atoms with E-state index in [4.69, 9.17) is 0 Å². The lowest BCUT2D eigenvalue weighted by atomic mass is 9.98. The number of halogens is 1. The molecule has 6 nitrogen and oxygen atoms in total. The number of anilines is 1. The Labute approximate surface area is 192 Å². The van der Waals surface area contributed by atoms with Crippen LogP contribution in [0.2, 0.25) is 0 Å². The van der Waals surface area contributed by atoms with Crippen molar-refractivity contribution in [2.24, 2.45) is 0 Å². The molecule has 1 fully saturated rings. The monoisotopic (exact) mass is 463 g/mol. The van der Waals surface area contributed by atoms with Crippen LogP contribution in [0.4, 0.5) is 10.1 Å². The molecule has 3 aromatic rings. The lowest BCUT2D eigenvalue weighted by Crippen LogP contribution is -2.35. The van der Waals surface area contributed by atoms with Crippen molar-refractivity contribution in [3.8, 4) is 17.2 Å². The number of hydrogen-bond acceptors (Lipinski definition) is 4. The number of nitrogens with one attached hydrogen (secondary N) is 1. The van der Waals surface area contributed by atoms with Gasteiger partial charge >= 0.3 is 0 Å². The third-order valence-corrected chi connectivity index (χ3v) is 7.53. The van der Waals surface area contributed by atoms with Crippen molar-refractivity contribution in [2.45, 2.75) is 24.2 Å². The van der Waals surface area contributed by atoms with Crippen molar-refractivity contribution < 1.29 is 17.6 Å². The number of rotatable bonds is 5. The van der Waals surface area contributed by atoms with Crippen LogP contribution in [-0.4, -0.2) is 31.7 Å². The van der Waals surface area contributed by atoms with Gasteiger partial charge in [0.25, 0.3) is 5.91 Å². The molecule has 0 unspecified atom stereocenters. The molecule has 1 heterocycles. The third-order valence-electron chi connectivity index (χ3n) is 5.62. The molecule has 3 aromatic carbocycles. The fourth-order valence-electron chi connectivity index (χ4n) is 3.86. The van der Waals surface area contributed by atoms with E-state index in [1.807, 2.05) is 6.07 Å². The first kappa shape index (κ1) is 22.6. The zero-order chi connectivity index (χ0) is 23.4. The van der Waals surface area contributed by atoms with Crippen molar-refractivity contribution >= 4 is 21.6 Å². The lowest BCUT2D eigenvalue weighted by molar-refractivity contribution is 0.102. The van der Waals surface area contributed by atoms with Gasteiger partial charge in [-0.15, -0.1) is 0 Å². The van der Waals surface area contributed by atoms with E-state index >= 15 is 0 Å². The van der Waals surface area contributed by atoms with Gasteiger partial charge in [0.05, 0.1) is 16.0 Å². The minimum Gasteiger partial charge on any atom is -0.322 e. The number of nitrogens with zero attached hydrogens (tertiary/aromatic N) is 2. The molecule has 0 atom stereocenters. The number of amides is 1. The highest BCUT2D eigenvalue weighted by Crippen LogP contribution is 2.27. The predicted molar refractivity (Wildman–Crippen MR) is 124 cm³/mol. The van der Waals surface area contributed by atoms with Crippen LogP contribution in [0.3, 0.4) is 0 Å². The molecule has 33 heavy (non-hydrogen) atoms. The number of carbonyl (C=O) groups is 1. The summed E-state index contributed by atoms with van der Waals surface area (Å²) in [6.07, 6.45) is 2.71.